The molecule has 1 amide bonds. The molecule has 1 aliphatic rings. The first-order valence-electron chi connectivity index (χ1n) is 7.57. The number of imidazole rings is 1. The maximum Gasteiger partial charge on any atom is 0.239 e. The van der Waals surface area contributed by atoms with E-state index in [2.05, 4.69) is 35.6 Å². The maximum absolute atomic E-state index is 12.1. The van der Waals surface area contributed by atoms with E-state index in [0.29, 0.717) is 18.4 Å². The number of nitrogens with zero attached hydrogens (tertiary/aromatic N) is 2. The minimum absolute atomic E-state index is 0.239. The van der Waals surface area contributed by atoms with Gasteiger partial charge in [-0.15, -0.1) is 0 Å². The van der Waals surface area contributed by atoms with E-state index in [4.69, 9.17) is 5.73 Å². The second-order valence-corrected chi connectivity index (χ2v) is 6.10. The predicted octanol–water partition coefficient (Wildman–Crippen LogP) is 1.64. The van der Waals surface area contributed by atoms with Crippen LogP contribution in [0.3, 0.4) is 0 Å². The molecule has 112 valence electrons. The van der Waals surface area contributed by atoms with Crippen LogP contribution in [0.2, 0.25) is 0 Å². The smallest absolute Gasteiger partial charge is 0.239 e. The Labute approximate surface area is 120 Å². The van der Waals surface area contributed by atoms with Gasteiger partial charge in [-0.3, -0.25) is 4.79 Å². The van der Waals surface area contributed by atoms with Crippen LogP contribution >= 0.6 is 0 Å². The van der Waals surface area contributed by atoms with Crippen LogP contribution < -0.4 is 11.1 Å². The molecule has 0 spiro atoms. The fourth-order valence-electron chi connectivity index (χ4n) is 2.84. The number of nitrogens with two attached hydrogens (primary N) is 1. The summed E-state index contributed by atoms with van der Waals surface area (Å²) >= 11 is 0. The fraction of sp³-hybridized carbons (Fsp3) is 0.733. The Morgan fingerprint density at radius 3 is 2.80 bits per heavy atom. The van der Waals surface area contributed by atoms with Crippen LogP contribution in [0.1, 0.15) is 51.8 Å². The van der Waals surface area contributed by atoms with Crippen molar-refractivity contribution in [3.8, 4) is 0 Å². The molecule has 3 N–H and O–H groups in total. The summed E-state index contributed by atoms with van der Waals surface area (Å²) in [5, 5.41) is 3.43. The van der Waals surface area contributed by atoms with Crippen molar-refractivity contribution < 1.29 is 4.79 Å². The molecule has 2 rings (SSSR count). The normalized spacial score (nSPS) is 18.2. The van der Waals surface area contributed by atoms with Gasteiger partial charge in [-0.2, -0.15) is 0 Å². The zero-order chi connectivity index (χ0) is 14.8. The minimum Gasteiger partial charge on any atom is -0.368 e. The molecule has 1 fully saturated rings. The standard InChI is InChI=1S/C15H26N4O/c1-4-7-18-15(14(16)20,12-5-6-12)10-19-9-8-17-13(19)11(2)3/h8-9,11-12,18H,4-7,10H2,1-3H3,(H2,16,20). The molecular formula is C15H26N4O. The van der Waals surface area contributed by atoms with Crippen LogP contribution in [0.4, 0.5) is 0 Å². The van der Waals surface area contributed by atoms with Crippen LogP contribution in [-0.2, 0) is 11.3 Å². The van der Waals surface area contributed by atoms with Crippen molar-refractivity contribution in [1.82, 2.24) is 14.9 Å². The van der Waals surface area contributed by atoms with Gasteiger partial charge in [0, 0.05) is 18.3 Å². The second kappa shape index (κ2) is 5.95. The average molecular weight is 278 g/mol. The molecule has 1 aliphatic carbocycles. The van der Waals surface area contributed by atoms with Crippen molar-refractivity contribution in [1.29, 1.82) is 0 Å². The maximum atomic E-state index is 12.1. The Hall–Kier alpha value is -1.36. The summed E-state index contributed by atoms with van der Waals surface area (Å²) in [6.45, 7) is 7.72. The predicted molar refractivity (Wildman–Crippen MR) is 79.3 cm³/mol. The van der Waals surface area contributed by atoms with Gasteiger partial charge in [0.1, 0.15) is 11.4 Å². The van der Waals surface area contributed by atoms with E-state index in [1.54, 1.807) is 6.20 Å². The molecule has 1 heterocycles. The summed E-state index contributed by atoms with van der Waals surface area (Å²) in [7, 11) is 0. The molecule has 1 aromatic heterocycles. The third-order valence-electron chi connectivity index (χ3n) is 4.09. The molecule has 1 saturated carbocycles. The molecule has 0 saturated heterocycles. The molecule has 5 nitrogen and oxygen atoms in total. The highest BCUT2D eigenvalue weighted by Gasteiger charge is 2.49. The first kappa shape index (κ1) is 15.0. The lowest BCUT2D eigenvalue weighted by molar-refractivity contribution is -0.126. The lowest BCUT2D eigenvalue weighted by Gasteiger charge is -2.33. The van der Waals surface area contributed by atoms with E-state index in [1.807, 2.05) is 6.20 Å². The van der Waals surface area contributed by atoms with Gasteiger partial charge in [0.05, 0.1) is 6.54 Å². The second-order valence-electron chi connectivity index (χ2n) is 6.10. The van der Waals surface area contributed by atoms with E-state index in [0.717, 1.165) is 31.6 Å². The topological polar surface area (TPSA) is 72.9 Å². The first-order chi connectivity index (χ1) is 9.51. The molecule has 0 aliphatic heterocycles. The highest BCUT2D eigenvalue weighted by Crippen LogP contribution is 2.41. The average Bonchev–Trinajstić information content (AvgIpc) is 3.14. The van der Waals surface area contributed by atoms with Gasteiger partial charge in [-0.1, -0.05) is 20.8 Å². The Balaban J connectivity index is 2.26. The molecule has 0 radical (unpaired) electrons. The summed E-state index contributed by atoms with van der Waals surface area (Å²) in [5.74, 6) is 1.46. The van der Waals surface area contributed by atoms with Crippen LogP contribution in [-0.4, -0.2) is 27.5 Å². The fourth-order valence-corrected chi connectivity index (χ4v) is 2.84. The number of nitrogens with one attached hydrogen (secondary N) is 1. The molecule has 1 atom stereocenters. The van der Waals surface area contributed by atoms with E-state index in [1.165, 1.54) is 0 Å². The molecule has 1 unspecified atom stereocenters. The lowest BCUT2D eigenvalue weighted by Crippen LogP contribution is -2.60. The lowest BCUT2D eigenvalue weighted by atomic mass is 9.91. The molecule has 0 aromatic carbocycles. The molecule has 5 heteroatoms. The molecular weight excluding hydrogens is 252 g/mol. The van der Waals surface area contributed by atoms with Crippen molar-refractivity contribution in [3.63, 3.8) is 0 Å². The quantitative estimate of drug-likeness (QED) is 0.759. The van der Waals surface area contributed by atoms with E-state index < -0.39 is 5.54 Å². The monoisotopic (exact) mass is 278 g/mol. The molecule has 20 heavy (non-hydrogen) atoms. The number of primary amides is 1. The van der Waals surface area contributed by atoms with Gasteiger partial charge in [0.25, 0.3) is 0 Å². The third-order valence-corrected chi connectivity index (χ3v) is 4.09. The van der Waals surface area contributed by atoms with Gasteiger partial charge >= 0.3 is 0 Å². The van der Waals surface area contributed by atoms with Crippen LogP contribution in [0.5, 0.6) is 0 Å². The van der Waals surface area contributed by atoms with Crippen molar-refractivity contribution in [2.45, 2.75) is 58.0 Å². The number of amides is 1. The number of carbonyl (C=O) groups excluding carboxylic acids is 1. The molecule has 1 aromatic rings. The van der Waals surface area contributed by atoms with Crippen molar-refractivity contribution >= 4 is 5.91 Å². The van der Waals surface area contributed by atoms with Crippen molar-refractivity contribution in [2.24, 2.45) is 11.7 Å². The van der Waals surface area contributed by atoms with E-state index in [9.17, 15) is 4.79 Å². The van der Waals surface area contributed by atoms with Crippen LogP contribution in [0.15, 0.2) is 12.4 Å². The van der Waals surface area contributed by atoms with Gasteiger partial charge in [-0.25, -0.2) is 4.98 Å². The van der Waals surface area contributed by atoms with Crippen LogP contribution in [0.25, 0.3) is 0 Å². The number of hydrogen-bond donors (Lipinski definition) is 2. The number of hydrogen-bond acceptors (Lipinski definition) is 3. The third kappa shape index (κ3) is 2.87. The number of rotatable bonds is 8. The Kier molecular flexibility index (Phi) is 4.48. The van der Waals surface area contributed by atoms with Crippen molar-refractivity contribution in [3.05, 3.63) is 18.2 Å². The Bertz CT molecular complexity index is 464. The Morgan fingerprint density at radius 1 is 1.60 bits per heavy atom. The van der Waals surface area contributed by atoms with E-state index in [-0.39, 0.29) is 5.91 Å². The zero-order valence-corrected chi connectivity index (χ0v) is 12.7. The van der Waals surface area contributed by atoms with Gasteiger partial charge in [-0.05, 0) is 31.7 Å². The summed E-state index contributed by atoms with van der Waals surface area (Å²) < 4.78 is 2.08. The summed E-state index contributed by atoms with van der Waals surface area (Å²) in [6.07, 6.45) is 6.89. The summed E-state index contributed by atoms with van der Waals surface area (Å²) in [5.41, 5.74) is 5.14. The van der Waals surface area contributed by atoms with E-state index >= 15 is 0 Å². The minimum atomic E-state index is -0.625. The highest BCUT2D eigenvalue weighted by molar-refractivity contribution is 5.85. The SMILES string of the molecule is CCCNC(Cn1ccnc1C(C)C)(C(N)=O)C1CC1. The highest BCUT2D eigenvalue weighted by atomic mass is 16.1. The zero-order valence-electron chi connectivity index (χ0n) is 12.7. The van der Waals surface area contributed by atoms with Gasteiger partial charge in [0.15, 0.2) is 0 Å². The number of carbonyl (C=O) groups is 1. The van der Waals surface area contributed by atoms with Crippen molar-refractivity contribution in [2.75, 3.05) is 6.54 Å². The van der Waals surface area contributed by atoms with Crippen LogP contribution in [0, 0.1) is 5.92 Å². The molecule has 0 bridgehead atoms. The summed E-state index contributed by atoms with van der Waals surface area (Å²) in [6, 6.07) is 0. The van der Waals surface area contributed by atoms with Gasteiger partial charge in [0.2, 0.25) is 5.91 Å². The summed E-state index contributed by atoms with van der Waals surface area (Å²) in [4.78, 5) is 16.5. The van der Waals surface area contributed by atoms with Gasteiger partial charge < -0.3 is 15.6 Å². The first-order valence-corrected chi connectivity index (χ1v) is 7.57. The number of aromatic nitrogens is 2. The largest absolute Gasteiger partial charge is 0.368 e. The Morgan fingerprint density at radius 2 is 2.30 bits per heavy atom.